The molecule has 3 aromatic carbocycles. The summed E-state index contributed by atoms with van der Waals surface area (Å²) in [5, 5.41) is 59.1. The van der Waals surface area contributed by atoms with Crippen LogP contribution in [0.5, 0.6) is 11.5 Å². The molecule has 0 saturated carbocycles. The molecular weight excluding hydrogens is 444 g/mol. The molecule has 14 heteroatoms. The zero-order chi connectivity index (χ0) is 25.1. The van der Waals surface area contributed by atoms with Crippen LogP contribution in [-0.2, 0) is 0 Å². The van der Waals surface area contributed by atoms with Gasteiger partial charge in [0.05, 0.1) is 25.3 Å². The molecule has 0 spiro atoms. The fourth-order valence-electron chi connectivity index (χ4n) is 2.25. The SMILES string of the molecule is Cc1c(O)ccc([N+](=O)[O-])c1[N+](=O)[O-].O=[N+]([O-])c1ccccc1[N+](=O)[O-].Oc1ccccc1. The van der Waals surface area contributed by atoms with Gasteiger partial charge in [0.1, 0.15) is 11.5 Å². The second kappa shape index (κ2) is 11.9. The molecule has 0 aliphatic heterocycles. The van der Waals surface area contributed by atoms with Gasteiger partial charge in [-0.25, -0.2) is 0 Å². The molecule has 0 aromatic heterocycles. The van der Waals surface area contributed by atoms with Crippen LogP contribution in [-0.4, -0.2) is 29.9 Å². The van der Waals surface area contributed by atoms with Crippen molar-refractivity contribution >= 4 is 22.7 Å². The lowest BCUT2D eigenvalue weighted by Crippen LogP contribution is -1.98. The highest BCUT2D eigenvalue weighted by atomic mass is 16.6. The van der Waals surface area contributed by atoms with Gasteiger partial charge in [0.25, 0.3) is 0 Å². The Hall–Kier alpha value is -5.14. The fraction of sp³-hybridized carbons (Fsp3) is 0.0526. The average molecular weight is 460 g/mol. The van der Waals surface area contributed by atoms with E-state index in [1.807, 2.05) is 6.07 Å². The Bertz CT molecular complexity index is 1140. The van der Waals surface area contributed by atoms with Crippen LogP contribution in [0.4, 0.5) is 22.7 Å². The van der Waals surface area contributed by atoms with Crippen LogP contribution in [0.2, 0.25) is 0 Å². The number of phenols is 2. The molecule has 33 heavy (non-hydrogen) atoms. The first kappa shape index (κ1) is 25.9. The molecule has 0 saturated heterocycles. The highest BCUT2D eigenvalue weighted by Gasteiger charge is 2.28. The van der Waals surface area contributed by atoms with Gasteiger partial charge in [-0.15, -0.1) is 0 Å². The van der Waals surface area contributed by atoms with E-state index >= 15 is 0 Å². The molecule has 0 amide bonds. The predicted molar refractivity (Wildman–Crippen MR) is 114 cm³/mol. The minimum absolute atomic E-state index is 0.107. The molecule has 2 N–H and O–H groups in total. The quantitative estimate of drug-likeness (QED) is 0.413. The van der Waals surface area contributed by atoms with Gasteiger partial charge in [-0.2, -0.15) is 0 Å². The summed E-state index contributed by atoms with van der Waals surface area (Å²) >= 11 is 0. The van der Waals surface area contributed by atoms with Crippen molar-refractivity contribution in [2.45, 2.75) is 6.92 Å². The summed E-state index contributed by atoms with van der Waals surface area (Å²) < 4.78 is 0. The Balaban J connectivity index is 0.000000260. The van der Waals surface area contributed by atoms with Crippen molar-refractivity contribution < 1.29 is 29.9 Å². The molecular formula is C19H16N4O10. The van der Waals surface area contributed by atoms with Gasteiger partial charge in [0, 0.05) is 18.2 Å². The number of para-hydroxylation sites is 3. The first-order chi connectivity index (χ1) is 15.5. The van der Waals surface area contributed by atoms with Crippen molar-refractivity contribution in [3.05, 3.63) is 113 Å². The molecule has 0 bridgehead atoms. The van der Waals surface area contributed by atoms with Gasteiger partial charge in [0.15, 0.2) is 0 Å². The van der Waals surface area contributed by atoms with E-state index < -0.39 is 42.4 Å². The number of aromatic hydroxyl groups is 2. The third kappa shape index (κ3) is 7.56. The number of phenolic OH excluding ortho intramolecular Hbond substituents is 2. The van der Waals surface area contributed by atoms with E-state index in [4.69, 9.17) is 10.2 Å². The van der Waals surface area contributed by atoms with E-state index in [0.717, 1.165) is 24.3 Å². The Morgan fingerprint density at radius 3 is 1.33 bits per heavy atom. The van der Waals surface area contributed by atoms with E-state index in [1.165, 1.54) is 19.1 Å². The predicted octanol–water partition coefficient (Wildman–Crippen LogP) is 4.41. The summed E-state index contributed by atoms with van der Waals surface area (Å²) in [6.07, 6.45) is 0. The maximum atomic E-state index is 10.5. The van der Waals surface area contributed by atoms with E-state index in [2.05, 4.69) is 0 Å². The van der Waals surface area contributed by atoms with E-state index in [9.17, 15) is 40.5 Å². The molecule has 3 aromatic rings. The van der Waals surface area contributed by atoms with Gasteiger partial charge in [-0.3, -0.25) is 40.5 Å². The van der Waals surface area contributed by atoms with Crippen molar-refractivity contribution in [3.8, 4) is 11.5 Å². The average Bonchev–Trinajstić information content (AvgIpc) is 2.76. The number of hydrogen-bond acceptors (Lipinski definition) is 10. The molecule has 172 valence electrons. The summed E-state index contributed by atoms with van der Waals surface area (Å²) in [5.41, 5.74) is -2.37. The minimum Gasteiger partial charge on any atom is -0.508 e. The third-order valence-electron chi connectivity index (χ3n) is 3.79. The molecule has 0 atom stereocenters. The highest BCUT2D eigenvalue weighted by Crippen LogP contribution is 2.35. The Morgan fingerprint density at radius 1 is 0.576 bits per heavy atom. The fourth-order valence-corrected chi connectivity index (χ4v) is 2.25. The van der Waals surface area contributed by atoms with Crippen LogP contribution in [0.3, 0.4) is 0 Å². The topological polar surface area (TPSA) is 213 Å². The number of nitro groups is 4. The summed E-state index contributed by atoms with van der Waals surface area (Å²) in [4.78, 5) is 38.1. The number of nitro benzene ring substituents is 4. The zero-order valence-electron chi connectivity index (χ0n) is 16.8. The Kier molecular flexibility index (Phi) is 9.33. The van der Waals surface area contributed by atoms with Crippen LogP contribution < -0.4 is 0 Å². The zero-order valence-corrected chi connectivity index (χ0v) is 16.8. The molecule has 0 aliphatic rings. The maximum absolute atomic E-state index is 10.5. The van der Waals surface area contributed by atoms with E-state index in [-0.39, 0.29) is 11.3 Å². The highest BCUT2D eigenvalue weighted by molar-refractivity contribution is 5.61. The van der Waals surface area contributed by atoms with Crippen molar-refractivity contribution in [3.63, 3.8) is 0 Å². The lowest BCUT2D eigenvalue weighted by atomic mass is 10.1. The number of benzene rings is 3. The Morgan fingerprint density at radius 2 is 1.00 bits per heavy atom. The first-order valence-electron chi connectivity index (χ1n) is 8.70. The van der Waals surface area contributed by atoms with Gasteiger partial charge >= 0.3 is 22.7 Å². The summed E-state index contributed by atoms with van der Waals surface area (Å²) in [6.45, 7) is 1.25. The van der Waals surface area contributed by atoms with E-state index in [1.54, 1.807) is 24.3 Å². The summed E-state index contributed by atoms with van der Waals surface area (Å²) in [6, 6.07) is 15.6. The van der Waals surface area contributed by atoms with Crippen LogP contribution in [0.1, 0.15) is 5.56 Å². The van der Waals surface area contributed by atoms with Gasteiger partial charge in [-0.1, -0.05) is 30.3 Å². The van der Waals surface area contributed by atoms with Gasteiger partial charge in [-0.05, 0) is 25.1 Å². The van der Waals surface area contributed by atoms with Crippen LogP contribution in [0, 0.1) is 47.4 Å². The molecule has 3 rings (SSSR count). The molecule has 0 unspecified atom stereocenters. The number of rotatable bonds is 4. The minimum atomic E-state index is -0.882. The lowest BCUT2D eigenvalue weighted by molar-refractivity contribution is -0.422. The second-order valence-corrected chi connectivity index (χ2v) is 5.93. The van der Waals surface area contributed by atoms with Crippen LogP contribution in [0.15, 0.2) is 66.7 Å². The monoisotopic (exact) mass is 460 g/mol. The molecule has 0 radical (unpaired) electrons. The van der Waals surface area contributed by atoms with Crippen molar-refractivity contribution in [2.24, 2.45) is 0 Å². The maximum Gasteiger partial charge on any atom is 0.352 e. The number of nitrogens with zero attached hydrogens (tertiary/aromatic N) is 4. The van der Waals surface area contributed by atoms with Crippen LogP contribution in [0.25, 0.3) is 0 Å². The largest absolute Gasteiger partial charge is 0.508 e. The second-order valence-electron chi connectivity index (χ2n) is 5.93. The van der Waals surface area contributed by atoms with Gasteiger partial charge < -0.3 is 10.2 Å². The Labute approximate surface area is 184 Å². The first-order valence-corrected chi connectivity index (χ1v) is 8.70. The van der Waals surface area contributed by atoms with Gasteiger partial charge in [0.2, 0.25) is 0 Å². The van der Waals surface area contributed by atoms with Crippen molar-refractivity contribution in [2.75, 3.05) is 0 Å². The van der Waals surface area contributed by atoms with E-state index in [0.29, 0.717) is 5.75 Å². The lowest BCUT2D eigenvalue weighted by Gasteiger charge is -2.00. The molecule has 0 aliphatic carbocycles. The van der Waals surface area contributed by atoms with Crippen LogP contribution >= 0.6 is 0 Å². The van der Waals surface area contributed by atoms with Crippen molar-refractivity contribution in [1.29, 1.82) is 0 Å². The smallest absolute Gasteiger partial charge is 0.352 e. The standard InChI is InChI=1S/C7H6N2O5.C6H4N2O4.C6H6O/c1-4-6(10)3-2-5(8(11)12)7(4)9(13)14;9-7(10)5-3-1-2-4-6(5)8(11)12;7-6-4-2-1-3-5-6/h2-3,10H,1H3;1-4H;1-5,7H. The molecule has 0 fully saturated rings. The molecule has 0 heterocycles. The normalized spacial score (nSPS) is 9.36. The summed E-state index contributed by atoms with van der Waals surface area (Å²) in [5.74, 6) is -0.00944. The summed E-state index contributed by atoms with van der Waals surface area (Å²) in [7, 11) is 0. The molecule has 14 nitrogen and oxygen atoms in total. The van der Waals surface area contributed by atoms with Crippen molar-refractivity contribution in [1.82, 2.24) is 0 Å². The third-order valence-corrected chi connectivity index (χ3v) is 3.79. The number of hydrogen-bond donors (Lipinski definition) is 2.